The van der Waals surface area contributed by atoms with Crippen molar-refractivity contribution in [3.8, 4) is 5.75 Å². The average Bonchev–Trinajstić information content (AvgIpc) is 2.48. The molecule has 2 aromatic rings. The number of hydrogen-bond acceptors (Lipinski definition) is 3. The van der Waals surface area contributed by atoms with Gasteiger partial charge < -0.3 is 10.1 Å². The van der Waals surface area contributed by atoms with Crippen LogP contribution in [-0.4, -0.2) is 18.8 Å². The van der Waals surface area contributed by atoms with E-state index in [0.717, 1.165) is 0 Å². The third kappa shape index (κ3) is 3.45. The molecule has 0 aliphatic carbocycles. The maximum atomic E-state index is 12.8. The van der Waals surface area contributed by atoms with E-state index in [1.54, 1.807) is 18.2 Å². The van der Waals surface area contributed by atoms with Crippen LogP contribution < -0.4 is 10.1 Å². The lowest BCUT2D eigenvalue weighted by molar-refractivity contribution is 0.101. The van der Waals surface area contributed by atoms with Crippen molar-refractivity contribution in [1.29, 1.82) is 0 Å². The smallest absolute Gasteiger partial charge is 0.255 e. The minimum atomic E-state index is -0.416. The molecule has 2 rings (SSSR count). The number of carbonyl (C=O) groups excluding carboxylic acids is 2. The third-order valence-electron chi connectivity index (χ3n) is 2.96. The zero-order valence-electron chi connectivity index (χ0n) is 11.6. The van der Waals surface area contributed by atoms with Crippen LogP contribution in [-0.2, 0) is 0 Å². The molecule has 0 aliphatic heterocycles. The normalized spacial score (nSPS) is 10.0. The minimum absolute atomic E-state index is 0.191. The standard InChI is InChI=1S/C16H14FNO3/c1-10(19)14-9-13(21-2)7-8-15(14)18-16(20)11-3-5-12(17)6-4-11/h3-9H,1-2H3,(H,18,20). The minimum Gasteiger partial charge on any atom is -0.497 e. The molecule has 0 aromatic heterocycles. The molecule has 0 fully saturated rings. The van der Waals surface area contributed by atoms with Crippen LogP contribution in [0.5, 0.6) is 5.75 Å². The number of benzene rings is 2. The van der Waals surface area contributed by atoms with Crippen LogP contribution in [0.15, 0.2) is 42.5 Å². The Morgan fingerprint density at radius 1 is 1.10 bits per heavy atom. The van der Waals surface area contributed by atoms with Crippen molar-refractivity contribution >= 4 is 17.4 Å². The Labute approximate surface area is 121 Å². The molecule has 0 bridgehead atoms. The molecule has 21 heavy (non-hydrogen) atoms. The SMILES string of the molecule is COc1ccc(NC(=O)c2ccc(F)cc2)c(C(C)=O)c1. The van der Waals surface area contributed by atoms with E-state index in [0.29, 0.717) is 22.6 Å². The Balaban J connectivity index is 2.28. The molecule has 0 saturated heterocycles. The first-order valence-corrected chi connectivity index (χ1v) is 6.27. The van der Waals surface area contributed by atoms with Crippen LogP contribution in [0.2, 0.25) is 0 Å². The number of anilines is 1. The molecule has 1 N–H and O–H groups in total. The molecule has 0 saturated carbocycles. The Kier molecular flexibility index (Phi) is 4.33. The lowest BCUT2D eigenvalue weighted by Gasteiger charge is -2.11. The Morgan fingerprint density at radius 3 is 2.33 bits per heavy atom. The van der Waals surface area contributed by atoms with Gasteiger partial charge >= 0.3 is 0 Å². The van der Waals surface area contributed by atoms with Crippen molar-refractivity contribution in [1.82, 2.24) is 0 Å². The van der Waals surface area contributed by atoms with Gasteiger partial charge in [0.1, 0.15) is 11.6 Å². The van der Waals surface area contributed by atoms with Crippen LogP contribution in [0.25, 0.3) is 0 Å². The second-order valence-electron chi connectivity index (χ2n) is 4.43. The van der Waals surface area contributed by atoms with Crippen molar-refractivity contribution in [2.75, 3.05) is 12.4 Å². The van der Waals surface area contributed by atoms with Crippen molar-refractivity contribution in [3.63, 3.8) is 0 Å². The van der Waals surface area contributed by atoms with E-state index < -0.39 is 11.7 Å². The van der Waals surface area contributed by atoms with Gasteiger partial charge in [-0.05, 0) is 49.4 Å². The maximum absolute atomic E-state index is 12.8. The van der Waals surface area contributed by atoms with Crippen molar-refractivity contribution in [2.24, 2.45) is 0 Å². The zero-order chi connectivity index (χ0) is 15.4. The van der Waals surface area contributed by atoms with Gasteiger partial charge in [-0.2, -0.15) is 0 Å². The van der Waals surface area contributed by atoms with E-state index in [4.69, 9.17) is 4.74 Å². The summed E-state index contributed by atoms with van der Waals surface area (Å²) in [5, 5.41) is 2.64. The molecule has 4 nitrogen and oxygen atoms in total. The number of carbonyl (C=O) groups is 2. The highest BCUT2D eigenvalue weighted by Gasteiger charge is 2.13. The largest absolute Gasteiger partial charge is 0.497 e. The summed E-state index contributed by atoms with van der Waals surface area (Å²) in [6.45, 7) is 1.41. The molecule has 0 aliphatic rings. The summed E-state index contributed by atoms with van der Waals surface area (Å²) in [7, 11) is 1.50. The average molecular weight is 287 g/mol. The van der Waals surface area contributed by atoms with Gasteiger partial charge in [0.05, 0.1) is 12.8 Å². The zero-order valence-corrected chi connectivity index (χ0v) is 11.6. The summed E-state index contributed by atoms with van der Waals surface area (Å²) >= 11 is 0. The lowest BCUT2D eigenvalue weighted by Crippen LogP contribution is -2.14. The van der Waals surface area contributed by atoms with E-state index in [-0.39, 0.29) is 5.78 Å². The molecule has 108 valence electrons. The first-order chi connectivity index (χ1) is 10.0. The molecule has 0 radical (unpaired) electrons. The number of ether oxygens (including phenoxy) is 1. The number of rotatable bonds is 4. The number of ketones is 1. The van der Waals surface area contributed by atoms with E-state index in [1.165, 1.54) is 38.3 Å². The molecule has 2 aromatic carbocycles. The molecule has 0 heterocycles. The molecular formula is C16H14FNO3. The predicted molar refractivity (Wildman–Crippen MR) is 77.4 cm³/mol. The van der Waals surface area contributed by atoms with E-state index >= 15 is 0 Å². The van der Waals surface area contributed by atoms with Crippen LogP contribution >= 0.6 is 0 Å². The number of methoxy groups -OCH3 is 1. The van der Waals surface area contributed by atoms with Crippen molar-refractivity contribution in [3.05, 3.63) is 59.4 Å². The van der Waals surface area contributed by atoms with Crippen LogP contribution in [0, 0.1) is 5.82 Å². The number of amides is 1. The first-order valence-electron chi connectivity index (χ1n) is 6.27. The highest BCUT2D eigenvalue weighted by Crippen LogP contribution is 2.23. The third-order valence-corrected chi connectivity index (χ3v) is 2.96. The van der Waals surface area contributed by atoms with Gasteiger partial charge in [0.25, 0.3) is 5.91 Å². The summed E-state index contributed by atoms with van der Waals surface area (Å²) in [5.74, 6) is -0.494. The van der Waals surface area contributed by atoms with Gasteiger partial charge in [0, 0.05) is 11.1 Å². The summed E-state index contributed by atoms with van der Waals surface area (Å²) in [4.78, 5) is 23.7. The second kappa shape index (κ2) is 6.17. The van der Waals surface area contributed by atoms with Crippen molar-refractivity contribution < 1.29 is 18.7 Å². The van der Waals surface area contributed by atoms with Crippen LogP contribution in [0.4, 0.5) is 10.1 Å². The fourth-order valence-corrected chi connectivity index (χ4v) is 1.85. The molecule has 0 atom stereocenters. The molecule has 0 unspecified atom stereocenters. The number of Topliss-reactive ketones (excluding diaryl/α,β-unsaturated/α-hetero) is 1. The monoisotopic (exact) mass is 287 g/mol. The number of hydrogen-bond donors (Lipinski definition) is 1. The second-order valence-corrected chi connectivity index (χ2v) is 4.43. The van der Waals surface area contributed by atoms with E-state index in [2.05, 4.69) is 5.32 Å². The fraction of sp³-hybridized carbons (Fsp3) is 0.125. The van der Waals surface area contributed by atoms with Gasteiger partial charge in [-0.3, -0.25) is 9.59 Å². The first kappa shape index (κ1) is 14.7. The van der Waals surface area contributed by atoms with E-state index in [9.17, 15) is 14.0 Å². The van der Waals surface area contributed by atoms with Crippen molar-refractivity contribution in [2.45, 2.75) is 6.92 Å². The van der Waals surface area contributed by atoms with Gasteiger partial charge in [-0.25, -0.2) is 4.39 Å². The Morgan fingerprint density at radius 2 is 1.76 bits per heavy atom. The summed E-state index contributed by atoms with van der Waals surface area (Å²) in [6.07, 6.45) is 0. The van der Waals surface area contributed by atoms with Gasteiger partial charge in [-0.15, -0.1) is 0 Å². The fourth-order valence-electron chi connectivity index (χ4n) is 1.85. The molecule has 1 amide bonds. The summed E-state index contributed by atoms with van der Waals surface area (Å²) in [5.41, 5.74) is 1.05. The highest BCUT2D eigenvalue weighted by molar-refractivity contribution is 6.09. The lowest BCUT2D eigenvalue weighted by atomic mass is 10.1. The van der Waals surface area contributed by atoms with Gasteiger partial charge in [-0.1, -0.05) is 0 Å². The quantitative estimate of drug-likeness (QED) is 0.878. The predicted octanol–water partition coefficient (Wildman–Crippen LogP) is 3.29. The Hall–Kier alpha value is -2.69. The molecular weight excluding hydrogens is 273 g/mol. The van der Waals surface area contributed by atoms with Crippen LogP contribution in [0.1, 0.15) is 27.6 Å². The Bertz CT molecular complexity index is 680. The van der Waals surface area contributed by atoms with E-state index in [1.807, 2.05) is 0 Å². The number of nitrogens with one attached hydrogen (secondary N) is 1. The van der Waals surface area contributed by atoms with Gasteiger partial charge in [0.15, 0.2) is 5.78 Å². The molecule has 0 spiro atoms. The molecule has 5 heteroatoms. The van der Waals surface area contributed by atoms with Gasteiger partial charge in [0.2, 0.25) is 0 Å². The summed E-state index contributed by atoms with van der Waals surface area (Å²) in [6, 6.07) is 9.96. The maximum Gasteiger partial charge on any atom is 0.255 e. The topological polar surface area (TPSA) is 55.4 Å². The summed E-state index contributed by atoms with van der Waals surface area (Å²) < 4.78 is 17.9. The van der Waals surface area contributed by atoms with Crippen LogP contribution in [0.3, 0.4) is 0 Å². The highest BCUT2D eigenvalue weighted by atomic mass is 19.1. The number of halogens is 1.